The van der Waals surface area contributed by atoms with E-state index in [4.69, 9.17) is 9.47 Å². The van der Waals surface area contributed by atoms with E-state index in [9.17, 15) is 9.59 Å². The van der Waals surface area contributed by atoms with E-state index in [-0.39, 0.29) is 12.6 Å². The van der Waals surface area contributed by atoms with Crippen molar-refractivity contribution in [2.75, 3.05) is 6.61 Å². The average Bonchev–Trinajstić information content (AvgIpc) is 2.46. The van der Waals surface area contributed by atoms with Crippen molar-refractivity contribution >= 4 is 11.9 Å². The van der Waals surface area contributed by atoms with Crippen LogP contribution in [-0.2, 0) is 20.7 Å². The van der Waals surface area contributed by atoms with Gasteiger partial charge in [0.25, 0.3) is 0 Å². The van der Waals surface area contributed by atoms with E-state index in [2.05, 4.69) is 6.58 Å². The Morgan fingerprint density at radius 1 is 1.29 bits per heavy atom. The van der Waals surface area contributed by atoms with E-state index < -0.39 is 11.6 Å². The number of carbonyl (C=O) groups excluding carboxylic acids is 2. The van der Waals surface area contributed by atoms with Gasteiger partial charge in [0, 0.05) is 12.5 Å². The minimum atomic E-state index is -0.699. The van der Waals surface area contributed by atoms with Gasteiger partial charge in [-0.2, -0.15) is 0 Å². The van der Waals surface area contributed by atoms with E-state index in [0.29, 0.717) is 12.0 Å². The molecule has 21 heavy (non-hydrogen) atoms. The Kier molecular flexibility index (Phi) is 6.15. The van der Waals surface area contributed by atoms with Gasteiger partial charge in [0.15, 0.2) is 0 Å². The second-order valence-corrected chi connectivity index (χ2v) is 5.28. The van der Waals surface area contributed by atoms with Crippen LogP contribution in [-0.4, -0.2) is 24.1 Å². The van der Waals surface area contributed by atoms with Gasteiger partial charge < -0.3 is 9.47 Å². The smallest absolute Gasteiger partial charge is 0.338 e. The molecule has 0 aromatic heterocycles. The van der Waals surface area contributed by atoms with Crippen LogP contribution >= 0.6 is 0 Å². The van der Waals surface area contributed by atoms with E-state index in [1.165, 1.54) is 0 Å². The van der Waals surface area contributed by atoms with Crippen molar-refractivity contribution in [3.05, 3.63) is 48.0 Å². The Morgan fingerprint density at radius 3 is 2.57 bits per heavy atom. The third-order valence-corrected chi connectivity index (χ3v) is 3.10. The Labute approximate surface area is 125 Å². The molecular weight excluding hydrogens is 268 g/mol. The molecule has 1 aromatic carbocycles. The molecular formula is C17H22O4. The largest absolute Gasteiger partial charge is 0.462 e. The molecule has 0 unspecified atom stereocenters. The van der Waals surface area contributed by atoms with Gasteiger partial charge >= 0.3 is 11.9 Å². The first-order valence-corrected chi connectivity index (χ1v) is 7.00. The van der Waals surface area contributed by atoms with Gasteiger partial charge in [-0.15, -0.1) is 0 Å². The molecule has 1 rings (SSSR count). The molecule has 0 heterocycles. The second-order valence-electron chi connectivity index (χ2n) is 5.28. The fourth-order valence-corrected chi connectivity index (χ4v) is 1.86. The van der Waals surface area contributed by atoms with Crippen molar-refractivity contribution < 1.29 is 19.1 Å². The summed E-state index contributed by atoms with van der Waals surface area (Å²) in [6.45, 7) is 9.06. The van der Waals surface area contributed by atoms with Crippen LogP contribution < -0.4 is 0 Å². The Bertz CT molecular complexity index is 517. The van der Waals surface area contributed by atoms with Crippen molar-refractivity contribution in [1.29, 1.82) is 0 Å². The molecule has 0 saturated heterocycles. The molecule has 4 heteroatoms. The van der Waals surface area contributed by atoms with Crippen LogP contribution in [0.4, 0.5) is 0 Å². The molecule has 0 aliphatic carbocycles. The van der Waals surface area contributed by atoms with Gasteiger partial charge in [-0.3, -0.25) is 0 Å². The predicted molar refractivity (Wildman–Crippen MR) is 81.1 cm³/mol. The molecule has 0 atom stereocenters. The number of hydrogen-bond donors (Lipinski definition) is 0. The van der Waals surface area contributed by atoms with Crippen LogP contribution in [0.5, 0.6) is 0 Å². The van der Waals surface area contributed by atoms with Gasteiger partial charge in [0.1, 0.15) is 5.60 Å². The molecule has 4 nitrogen and oxygen atoms in total. The summed E-state index contributed by atoms with van der Waals surface area (Å²) in [5, 5.41) is 0. The summed E-state index contributed by atoms with van der Waals surface area (Å²) in [5.74, 6) is -0.832. The number of aryl methyl sites for hydroxylation is 1. The molecule has 0 saturated carbocycles. The lowest BCUT2D eigenvalue weighted by molar-refractivity contribution is -0.151. The van der Waals surface area contributed by atoms with Gasteiger partial charge in [0.2, 0.25) is 0 Å². The number of rotatable bonds is 7. The van der Waals surface area contributed by atoms with Crippen molar-refractivity contribution in [3.63, 3.8) is 0 Å². The van der Waals surface area contributed by atoms with Gasteiger partial charge in [-0.1, -0.05) is 31.7 Å². The Morgan fingerprint density at radius 2 is 1.95 bits per heavy atom. The zero-order valence-electron chi connectivity index (χ0n) is 12.8. The Balaban J connectivity index is 2.53. The van der Waals surface area contributed by atoms with Crippen LogP contribution in [0, 0.1) is 0 Å². The monoisotopic (exact) mass is 290 g/mol. The highest BCUT2D eigenvalue weighted by Gasteiger charge is 2.22. The summed E-state index contributed by atoms with van der Waals surface area (Å²) in [6.07, 6.45) is 2.31. The molecule has 0 bridgehead atoms. The SMILES string of the molecule is C=CC(=O)OC(C)(C)CCOC(=O)c1ccccc1CC. The molecule has 0 fully saturated rings. The topological polar surface area (TPSA) is 52.6 Å². The summed E-state index contributed by atoms with van der Waals surface area (Å²) in [5.41, 5.74) is 0.844. The third-order valence-electron chi connectivity index (χ3n) is 3.10. The lowest BCUT2D eigenvalue weighted by Crippen LogP contribution is -2.29. The molecule has 0 spiro atoms. The summed E-state index contributed by atoms with van der Waals surface area (Å²) in [7, 11) is 0. The van der Waals surface area contributed by atoms with Gasteiger partial charge in [-0.05, 0) is 31.9 Å². The molecule has 0 amide bonds. The van der Waals surface area contributed by atoms with E-state index in [0.717, 1.165) is 18.1 Å². The van der Waals surface area contributed by atoms with Crippen molar-refractivity contribution in [2.24, 2.45) is 0 Å². The van der Waals surface area contributed by atoms with Gasteiger partial charge in [-0.25, -0.2) is 9.59 Å². The predicted octanol–water partition coefficient (Wildman–Crippen LogP) is 3.30. The molecule has 0 aliphatic heterocycles. The van der Waals surface area contributed by atoms with E-state index in [1.54, 1.807) is 19.9 Å². The standard InChI is InChI=1S/C17H22O4/c1-5-13-9-7-8-10-14(13)16(19)20-12-11-17(3,4)21-15(18)6-2/h6-10H,2,5,11-12H2,1,3-4H3. The molecule has 1 aromatic rings. The molecule has 114 valence electrons. The highest BCUT2D eigenvalue weighted by molar-refractivity contribution is 5.91. The third kappa shape index (κ3) is 5.42. The van der Waals surface area contributed by atoms with Gasteiger partial charge in [0.05, 0.1) is 12.2 Å². The maximum absolute atomic E-state index is 12.0. The summed E-state index contributed by atoms with van der Waals surface area (Å²) in [6, 6.07) is 7.37. The number of ether oxygens (including phenoxy) is 2. The highest BCUT2D eigenvalue weighted by Crippen LogP contribution is 2.16. The first-order chi connectivity index (χ1) is 9.89. The minimum absolute atomic E-state index is 0.189. The molecule has 0 aliphatic rings. The van der Waals surface area contributed by atoms with Crippen molar-refractivity contribution in [2.45, 2.75) is 39.2 Å². The lowest BCUT2D eigenvalue weighted by atomic mass is 10.0. The van der Waals surface area contributed by atoms with Crippen LogP contribution in [0.1, 0.15) is 43.1 Å². The maximum Gasteiger partial charge on any atom is 0.338 e. The zero-order chi connectivity index (χ0) is 15.9. The first kappa shape index (κ1) is 17.0. The second kappa shape index (κ2) is 7.62. The summed E-state index contributed by atoms with van der Waals surface area (Å²) < 4.78 is 10.4. The van der Waals surface area contributed by atoms with Crippen molar-refractivity contribution in [3.8, 4) is 0 Å². The highest BCUT2D eigenvalue weighted by atomic mass is 16.6. The van der Waals surface area contributed by atoms with Crippen LogP contribution in [0.15, 0.2) is 36.9 Å². The van der Waals surface area contributed by atoms with E-state index in [1.807, 2.05) is 25.1 Å². The van der Waals surface area contributed by atoms with E-state index >= 15 is 0 Å². The molecule has 0 N–H and O–H groups in total. The van der Waals surface area contributed by atoms with Crippen molar-refractivity contribution in [1.82, 2.24) is 0 Å². The summed E-state index contributed by atoms with van der Waals surface area (Å²) in [4.78, 5) is 23.2. The number of esters is 2. The number of benzene rings is 1. The van der Waals surface area contributed by atoms with Crippen LogP contribution in [0.3, 0.4) is 0 Å². The van der Waals surface area contributed by atoms with Crippen LogP contribution in [0.2, 0.25) is 0 Å². The number of hydrogen-bond acceptors (Lipinski definition) is 4. The quantitative estimate of drug-likeness (QED) is 0.571. The molecule has 0 radical (unpaired) electrons. The normalized spacial score (nSPS) is 10.8. The zero-order valence-corrected chi connectivity index (χ0v) is 12.8. The summed E-state index contributed by atoms with van der Waals surface area (Å²) >= 11 is 0. The minimum Gasteiger partial charge on any atom is -0.462 e. The first-order valence-electron chi connectivity index (χ1n) is 7.00. The lowest BCUT2D eigenvalue weighted by Gasteiger charge is -2.24. The number of carbonyl (C=O) groups is 2. The fraction of sp³-hybridized carbons (Fsp3) is 0.412. The average molecular weight is 290 g/mol. The Hall–Kier alpha value is -2.10. The maximum atomic E-state index is 12.0. The fourth-order valence-electron chi connectivity index (χ4n) is 1.86. The van der Waals surface area contributed by atoms with Crippen LogP contribution in [0.25, 0.3) is 0 Å².